The first kappa shape index (κ1) is 17.0. The number of nitrogens with one attached hydrogen (secondary N) is 1. The third-order valence-electron chi connectivity index (χ3n) is 4.55. The van der Waals surface area contributed by atoms with Crippen molar-refractivity contribution in [3.05, 3.63) is 59.7 Å². The lowest BCUT2D eigenvalue weighted by Crippen LogP contribution is -2.44. The van der Waals surface area contributed by atoms with Crippen molar-refractivity contribution >= 4 is 12.1 Å². The second-order valence-electron chi connectivity index (χ2n) is 6.53. The maximum Gasteiger partial charge on any atom is 0.407 e. The Kier molecular flexibility index (Phi) is 4.74. The summed E-state index contributed by atoms with van der Waals surface area (Å²) in [6.07, 6.45) is -0.706. The summed E-state index contributed by atoms with van der Waals surface area (Å²) in [5, 5.41) is 11.6. The predicted octanol–water partition coefficient (Wildman–Crippen LogP) is 3.63. The molecule has 1 atom stereocenters. The molecule has 2 N–H and O–H groups in total. The zero-order valence-corrected chi connectivity index (χ0v) is 14.2. The number of aliphatic carboxylic acids is 1. The molecule has 0 radical (unpaired) electrons. The molecule has 0 saturated carbocycles. The molecule has 2 aromatic rings. The molecule has 1 aliphatic carbocycles. The quantitative estimate of drug-likeness (QED) is 0.641. The number of carbonyl (C=O) groups is 2. The highest BCUT2D eigenvalue weighted by molar-refractivity contribution is 5.81. The standard InChI is InChI=1S/C20H21NO4/c1-12(2)18(19(22)23)21-20(24)25-11-17-15-9-5-3-7-13(15)14-8-4-6-10-16(14)17/h3-10,12,17-18H,11H2,1-2H3,(H,21,24)(H,22,23)/t18-/m0/s1/i1+1,2+1,12+1,18+1,19+1,21+1. The maximum absolute atomic E-state index is 12.0. The third-order valence-corrected chi connectivity index (χ3v) is 4.55. The Morgan fingerprint density at radius 1 is 1.04 bits per heavy atom. The van der Waals surface area contributed by atoms with Gasteiger partial charge in [0, 0.05) is 5.92 Å². The molecular weight excluding hydrogens is 324 g/mol. The number of benzene rings is 2. The Balaban J connectivity index is 1.73. The normalized spacial score (nSPS) is 13.9. The summed E-state index contributed by atoms with van der Waals surface area (Å²) in [5.74, 6) is -1.33. The van der Waals surface area contributed by atoms with E-state index in [2.05, 4.69) is 17.4 Å². The van der Waals surface area contributed by atoms with Gasteiger partial charge in [0.2, 0.25) is 0 Å². The molecule has 0 aromatic heterocycles. The summed E-state index contributed by atoms with van der Waals surface area (Å²) in [6, 6.07) is 15.2. The third kappa shape index (κ3) is 3.36. The molecule has 1 amide bonds. The number of amides is 1. The van der Waals surface area contributed by atoms with Crippen LogP contribution in [0.4, 0.5) is 4.79 Å². The zero-order valence-electron chi connectivity index (χ0n) is 14.2. The fourth-order valence-electron chi connectivity index (χ4n) is 3.28. The molecule has 0 spiro atoms. The number of alkyl carbamates (subject to hydrolysis) is 1. The Morgan fingerprint density at radius 3 is 2.04 bits per heavy atom. The lowest BCUT2D eigenvalue weighted by atomic mass is 9.98. The van der Waals surface area contributed by atoms with Crippen LogP contribution in [0.15, 0.2) is 48.5 Å². The van der Waals surface area contributed by atoms with E-state index >= 15 is 0 Å². The molecule has 5 nitrogen and oxygen atoms in total. The van der Waals surface area contributed by atoms with E-state index in [-0.39, 0.29) is 18.4 Å². The topological polar surface area (TPSA) is 75.6 Å². The Morgan fingerprint density at radius 2 is 1.56 bits per heavy atom. The molecule has 2 aromatic carbocycles. The van der Waals surface area contributed by atoms with Crippen molar-refractivity contribution in [1.29, 1.82) is 0 Å². The highest BCUT2D eigenvalue weighted by atomic mass is 16.6. The monoisotopic (exact) mass is 345 g/mol. The van der Waals surface area contributed by atoms with Crippen molar-refractivity contribution in [3.63, 3.8) is 0 Å². The fourth-order valence-corrected chi connectivity index (χ4v) is 3.28. The van der Waals surface area contributed by atoms with Crippen molar-refractivity contribution in [2.75, 3.05) is 6.61 Å². The van der Waals surface area contributed by atoms with Gasteiger partial charge in [-0.05, 0) is 28.2 Å². The number of carboxylic acid groups (broad SMARTS) is 1. The van der Waals surface area contributed by atoms with Crippen LogP contribution in [0.2, 0.25) is 0 Å². The first-order valence-corrected chi connectivity index (χ1v) is 8.33. The van der Waals surface area contributed by atoms with Crippen LogP contribution in [-0.2, 0) is 9.53 Å². The molecule has 0 saturated heterocycles. The van der Waals surface area contributed by atoms with Gasteiger partial charge in [0.1, 0.15) is 12.6 Å². The van der Waals surface area contributed by atoms with Crippen LogP contribution >= 0.6 is 0 Å². The van der Waals surface area contributed by atoms with Gasteiger partial charge in [-0.25, -0.2) is 9.59 Å². The minimum Gasteiger partial charge on any atom is -0.480 e. The molecule has 5 heteroatoms. The molecule has 130 valence electrons. The molecule has 0 bridgehead atoms. The molecule has 0 unspecified atom stereocenters. The lowest BCUT2D eigenvalue weighted by molar-refractivity contribution is -0.140. The van der Waals surface area contributed by atoms with Gasteiger partial charge in [-0.2, -0.15) is 0 Å². The first-order valence-electron chi connectivity index (χ1n) is 8.33. The van der Waals surface area contributed by atoms with Crippen molar-refractivity contribution in [2.45, 2.75) is 25.8 Å². The Hall–Kier alpha value is -2.82. The number of carboxylic acids is 1. The van der Waals surface area contributed by atoms with Gasteiger partial charge >= 0.3 is 12.1 Å². The largest absolute Gasteiger partial charge is 0.480 e. The first-order chi connectivity index (χ1) is 12.0. The van der Waals surface area contributed by atoms with Crippen molar-refractivity contribution in [1.82, 2.24) is 5.32 Å². The van der Waals surface area contributed by atoms with Crippen molar-refractivity contribution in [2.24, 2.45) is 5.92 Å². The number of carbonyl (C=O) groups excluding carboxylic acids is 1. The summed E-state index contributed by atoms with van der Waals surface area (Å²) in [4.78, 5) is 23.2. The number of rotatable bonds is 5. The van der Waals surface area contributed by atoms with Gasteiger partial charge in [0.15, 0.2) is 0 Å². The van der Waals surface area contributed by atoms with Gasteiger partial charge in [0.25, 0.3) is 0 Å². The highest BCUT2D eigenvalue weighted by Crippen LogP contribution is 2.44. The van der Waals surface area contributed by atoms with E-state index in [1.807, 2.05) is 36.4 Å². The SMILES string of the molecule is [13CH3][13CH]([13CH3])[13C@H]([15NH]C(=O)OCC1c2ccccc2-c2ccccc21)[13C](=O)O. The molecule has 0 fully saturated rings. The van der Waals surface area contributed by atoms with Gasteiger partial charge in [-0.1, -0.05) is 62.4 Å². The van der Waals surface area contributed by atoms with E-state index in [9.17, 15) is 9.59 Å². The van der Waals surface area contributed by atoms with Gasteiger partial charge in [0.05, 0.1) is 0 Å². The van der Waals surface area contributed by atoms with E-state index in [4.69, 9.17) is 9.84 Å². The minimum absolute atomic E-state index is 0.0412. The van der Waals surface area contributed by atoms with Crippen LogP contribution in [0.5, 0.6) is 0 Å². The molecule has 25 heavy (non-hydrogen) atoms. The zero-order chi connectivity index (χ0) is 18.0. The van der Waals surface area contributed by atoms with Crippen molar-refractivity contribution in [3.8, 4) is 11.1 Å². The van der Waals surface area contributed by atoms with Gasteiger partial charge in [-0.15, -0.1) is 0 Å². The lowest BCUT2D eigenvalue weighted by Gasteiger charge is -2.19. The smallest absolute Gasteiger partial charge is 0.407 e. The fraction of sp³-hybridized carbons (Fsp3) is 0.300. The van der Waals surface area contributed by atoms with Crippen LogP contribution in [0, 0.1) is 5.92 Å². The maximum atomic E-state index is 12.0. The van der Waals surface area contributed by atoms with E-state index < -0.39 is 18.1 Å². The van der Waals surface area contributed by atoms with E-state index in [1.54, 1.807) is 13.8 Å². The summed E-state index contributed by atoms with van der Waals surface area (Å²) < 4.78 is 5.36. The van der Waals surface area contributed by atoms with Crippen LogP contribution in [0.1, 0.15) is 30.9 Å². The van der Waals surface area contributed by atoms with Gasteiger partial charge in [-0.3, -0.25) is 0 Å². The average Bonchev–Trinajstić information content (AvgIpc) is 2.91. The van der Waals surface area contributed by atoms with Crippen LogP contribution in [0.3, 0.4) is 0 Å². The van der Waals surface area contributed by atoms with Crippen LogP contribution in [-0.4, -0.2) is 29.8 Å². The van der Waals surface area contributed by atoms with E-state index in [0.29, 0.717) is 0 Å². The summed E-state index contributed by atoms with van der Waals surface area (Å²) in [5.41, 5.74) is 4.54. The number of hydrogen-bond donors (Lipinski definition) is 2. The summed E-state index contributed by atoms with van der Waals surface area (Å²) in [7, 11) is 0. The molecule has 0 aliphatic heterocycles. The summed E-state index contributed by atoms with van der Waals surface area (Å²) in [6.45, 7) is 3.65. The number of fused-ring (bicyclic) bond motifs is 3. The molecule has 3 rings (SSSR count). The molecular formula is C20H21NO4. The highest BCUT2D eigenvalue weighted by Gasteiger charge is 2.30. The minimum atomic E-state index is -1.07. The van der Waals surface area contributed by atoms with E-state index in [1.165, 1.54) is 0 Å². The second-order valence-corrected chi connectivity index (χ2v) is 6.53. The molecule has 0 heterocycles. The van der Waals surface area contributed by atoms with Gasteiger partial charge < -0.3 is 15.2 Å². The number of hydrogen-bond acceptors (Lipinski definition) is 3. The molecule has 1 aliphatic rings. The summed E-state index contributed by atoms with van der Waals surface area (Å²) >= 11 is 0. The average molecular weight is 345 g/mol. The Bertz CT molecular complexity index is 754. The second kappa shape index (κ2) is 6.97. The Labute approximate surface area is 146 Å². The van der Waals surface area contributed by atoms with Crippen LogP contribution < -0.4 is 5.32 Å². The van der Waals surface area contributed by atoms with Crippen molar-refractivity contribution < 1.29 is 19.4 Å². The van der Waals surface area contributed by atoms with E-state index in [0.717, 1.165) is 22.3 Å². The number of ether oxygens (including phenoxy) is 1. The predicted molar refractivity (Wildman–Crippen MR) is 94.5 cm³/mol. The van der Waals surface area contributed by atoms with Crippen LogP contribution in [0.25, 0.3) is 11.1 Å².